The molecule has 9 heteroatoms. The van der Waals surface area contributed by atoms with E-state index in [2.05, 4.69) is 0 Å². The molecule has 3 aromatic carbocycles. The van der Waals surface area contributed by atoms with E-state index >= 15 is 0 Å². The maximum absolute atomic E-state index is 14.1. The van der Waals surface area contributed by atoms with Gasteiger partial charge in [-0.05, 0) is 41.5 Å². The van der Waals surface area contributed by atoms with E-state index in [1.807, 2.05) is 23.1 Å². The fourth-order valence-corrected chi connectivity index (χ4v) is 4.40. The van der Waals surface area contributed by atoms with Crippen LogP contribution in [-0.4, -0.2) is 18.7 Å². The summed E-state index contributed by atoms with van der Waals surface area (Å²) in [5, 5.41) is 0.622. The summed E-state index contributed by atoms with van der Waals surface area (Å²) < 4.78 is 58.7. The van der Waals surface area contributed by atoms with E-state index in [1.54, 1.807) is 12.1 Å². The molecule has 4 aromatic rings. The Labute approximate surface area is 203 Å². The number of ether oxygens (including phenoxy) is 2. The zero-order chi connectivity index (χ0) is 24.7. The van der Waals surface area contributed by atoms with Gasteiger partial charge in [0.1, 0.15) is 23.8 Å². The Kier molecular flexibility index (Phi) is 5.94. The number of benzene rings is 3. The molecule has 1 aromatic heterocycles. The molecule has 0 spiro atoms. The number of rotatable bonds is 4. The number of alkyl halides is 3. The Bertz CT molecular complexity index is 1460. The maximum atomic E-state index is 14.1. The number of fused-ring (bicyclic) bond motifs is 3. The molecule has 5 nitrogen and oxygen atoms in total. The van der Waals surface area contributed by atoms with E-state index < -0.39 is 22.9 Å². The minimum absolute atomic E-state index is 0.0470. The summed E-state index contributed by atoms with van der Waals surface area (Å²) in [7, 11) is 1.45. The van der Waals surface area contributed by atoms with Crippen molar-refractivity contribution in [3.8, 4) is 22.6 Å². The van der Waals surface area contributed by atoms with Crippen LogP contribution < -0.4 is 14.9 Å². The second-order valence-electron chi connectivity index (χ2n) is 8.13. The van der Waals surface area contributed by atoms with E-state index in [9.17, 15) is 18.0 Å². The highest BCUT2D eigenvalue weighted by Gasteiger charge is 2.40. The Balaban J connectivity index is 1.64. The fourth-order valence-electron chi connectivity index (χ4n) is 4.20. The largest absolute Gasteiger partial charge is 0.497 e. The number of halogens is 4. The third kappa shape index (κ3) is 4.35. The average Bonchev–Trinajstić information content (AvgIpc) is 2.85. The first-order chi connectivity index (χ1) is 16.8. The van der Waals surface area contributed by atoms with E-state index in [0.717, 1.165) is 5.56 Å². The summed E-state index contributed by atoms with van der Waals surface area (Å²) in [4.78, 5) is 15.3. The van der Waals surface area contributed by atoms with Gasteiger partial charge in [0, 0.05) is 18.1 Å². The normalized spacial score (nSPS) is 14.0. The number of methoxy groups -OCH3 is 1. The number of nitrogens with zero attached hydrogens (tertiary/aromatic N) is 1. The summed E-state index contributed by atoms with van der Waals surface area (Å²) in [6.45, 7) is 0.847. The SMILES string of the molecule is COc1ccc(-c2c(C(F)(F)F)oc3c4c(ccc3c2=O)OCN(Cc2ccccc2Cl)C4)cc1. The molecule has 0 unspecified atom stereocenters. The van der Waals surface area contributed by atoms with Crippen LogP contribution >= 0.6 is 11.6 Å². The van der Waals surface area contributed by atoms with Crippen molar-refractivity contribution in [1.82, 2.24) is 4.90 Å². The second kappa shape index (κ2) is 8.94. The number of hydrogen-bond acceptors (Lipinski definition) is 5. The second-order valence-corrected chi connectivity index (χ2v) is 8.54. The molecule has 0 atom stereocenters. The van der Waals surface area contributed by atoms with Gasteiger partial charge in [-0.1, -0.05) is 41.9 Å². The van der Waals surface area contributed by atoms with Gasteiger partial charge in [0.25, 0.3) is 0 Å². The highest BCUT2D eigenvalue weighted by molar-refractivity contribution is 6.31. The Morgan fingerprint density at radius 2 is 1.80 bits per heavy atom. The molecule has 0 amide bonds. The molecule has 0 N–H and O–H groups in total. The lowest BCUT2D eigenvalue weighted by atomic mass is 9.99. The summed E-state index contributed by atoms with van der Waals surface area (Å²) in [6.07, 6.45) is -4.89. The molecular formula is C26H19ClF3NO4. The fraction of sp³-hybridized carbons (Fsp3) is 0.192. The Morgan fingerprint density at radius 1 is 1.06 bits per heavy atom. The van der Waals surface area contributed by atoms with E-state index in [4.69, 9.17) is 25.5 Å². The molecule has 0 fully saturated rings. The van der Waals surface area contributed by atoms with Crippen molar-refractivity contribution < 1.29 is 27.1 Å². The highest BCUT2D eigenvalue weighted by atomic mass is 35.5. The number of hydrogen-bond donors (Lipinski definition) is 0. The van der Waals surface area contributed by atoms with Crippen LogP contribution in [0.25, 0.3) is 22.1 Å². The predicted octanol–water partition coefficient (Wildman–Crippen LogP) is 6.49. The quantitative estimate of drug-likeness (QED) is 0.320. The zero-order valence-corrected chi connectivity index (χ0v) is 19.2. The molecular weight excluding hydrogens is 483 g/mol. The molecule has 1 aliphatic rings. The van der Waals surface area contributed by atoms with Gasteiger partial charge in [-0.25, -0.2) is 0 Å². The molecule has 5 rings (SSSR count). The van der Waals surface area contributed by atoms with Crippen LogP contribution in [0.2, 0.25) is 5.02 Å². The first-order valence-electron chi connectivity index (χ1n) is 10.7. The van der Waals surface area contributed by atoms with Gasteiger partial charge in [-0.3, -0.25) is 9.69 Å². The van der Waals surface area contributed by atoms with Crippen LogP contribution in [0, 0.1) is 0 Å². The van der Waals surface area contributed by atoms with Crippen molar-refractivity contribution in [2.45, 2.75) is 19.3 Å². The van der Waals surface area contributed by atoms with E-state index in [0.29, 0.717) is 28.6 Å². The van der Waals surface area contributed by atoms with E-state index in [1.165, 1.54) is 37.4 Å². The van der Waals surface area contributed by atoms with Crippen LogP contribution in [0.5, 0.6) is 11.5 Å². The molecule has 0 aliphatic carbocycles. The van der Waals surface area contributed by atoms with Crippen molar-refractivity contribution in [2.75, 3.05) is 13.8 Å². The van der Waals surface area contributed by atoms with Gasteiger partial charge < -0.3 is 13.9 Å². The molecule has 0 saturated carbocycles. The standard InChI is InChI=1S/C26H19ClF3NO4/c1-33-17-8-6-15(7-9-17)22-23(32)18-10-11-21-19(24(18)35-25(22)26(28,29)30)13-31(14-34-21)12-16-4-2-3-5-20(16)27/h2-11H,12-14H2,1H3. The minimum Gasteiger partial charge on any atom is -0.497 e. The van der Waals surface area contributed by atoms with Gasteiger partial charge in [0.2, 0.25) is 11.2 Å². The monoisotopic (exact) mass is 501 g/mol. The van der Waals surface area contributed by atoms with Crippen molar-refractivity contribution in [3.63, 3.8) is 0 Å². The third-order valence-corrected chi connectivity index (χ3v) is 6.26. The lowest BCUT2D eigenvalue weighted by Crippen LogP contribution is -2.32. The van der Waals surface area contributed by atoms with E-state index in [-0.39, 0.29) is 29.8 Å². The zero-order valence-electron chi connectivity index (χ0n) is 18.5. The van der Waals surface area contributed by atoms with Gasteiger partial charge >= 0.3 is 6.18 Å². The van der Waals surface area contributed by atoms with Crippen LogP contribution in [0.15, 0.2) is 69.9 Å². The molecule has 0 radical (unpaired) electrons. The molecule has 0 bridgehead atoms. The molecule has 1 aliphatic heterocycles. The summed E-state index contributed by atoms with van der Waals surface area (Å²) in [6, 6.07) is 16.1. The Morgan fingerprint density at radius 3 is 2.49 bits per heavy atom. The Hall–Kier alpha value is -3.49. The van der Waals surface area contributed by atoms with Gasteiger partial charge in [0.05, 0.1) is 23.6 Å². The maximum Gasteiger partial charge on any atom is 0.450 e. The van der Waals surface area contributed by atoms with Crippen LogP contribution in [0.3, 0.4) is 0 Å². The summed E-state index contributed by atoms with van der Waals surface area (Å²) in [5.41, 5.74) is -0.138. The first-order valence-corrected chi connectivity index (χ1v) is 11.1. The lowest BCUT2D eigenvalue weighted by Gasteiger charge is -2.29. The van der Waals surface area contributed by atoms with Crippen LogP contribution in [0.1, 0.15) is 16.9 Å². The summed E-state index contributed by atoms with van der Waals surface area (Å²) >= 11 is 6.26. The smallest absolute Gasteiger partial charge is 0.450 e. The molecule has 0 saturated heterocycles. The lowest BCUT2D eigenvalue weighted by molar-refractivity contribution is -0.152. The van der Waals surface area contributed by atoms with Crippen molar-refractivity contribution in [3.05, 3.63) is 92.8 Å². The van der Waals surface area contributed by atoms with Crippen molar-refractivity contribution >= 4 is 22.6 Å². The van der Waals surface area contributed by atoms with Gasteiger partial charge in [-0.2, -0.15) is 13.2 Å². The topological polar surface area (TPSA) is 51.9 Å². The summed E-state index contributed by atoms with van der Waals surface area (Å²) in [5.74, 6) is -0.518. The molecule has 180 valence electrons. The van der Waals surface area contributed by atoms with Crippen LogP contribution in [0.4, 0.5) is 13.2 Å². The van der Waals surface area contributed by atoms with Crippen LogP contribution in [-0.2, 0) is 19.3 Å². The van der Waals surface area contributed by atoms with Crippen molar-refractivity contribution in [2.24, 2.45) is 0 Å². The minimum atomic E-state index is -4.89. The van der Waals surface area contributed by atoms with Gasteiger partial charge in [0.15, 0.2) is 0 Å². The average molecular weight is 502 g/mol. The third-order valence-electron chi connectivity index (χ3n) is 5.89. The highest BCUT2D eigenvalue weighted by Crippen LogP contribution is 2.40. The predicted molar refractivity (Wildman–Crippen MR) is 126 cm³/mol. The molecule has 35 heavy (non-hydrogen) atoms. The molecule has 2 heterocycles. The van der Waals surface area contributed by atoms with Gasteiger partial charge in [-0.15, -0.1) is 0 Å². The first kappa shape index (κ1) is 23.3. The van der Waals surface area contributed by atoms with Crippen molar-refractivity contribution in [1.29, 1.82) is 0 Å².